The van der Waals surface area contributed by atoms with Gasteiger partial charge in [0.15, 0.2) is 0 Å². The van der Waals surface area contributed by atoms with Gasteiger partial charge in [-0.15, -0.1) is 29.8 Å². The van der Waals surface area contributed by atoms with Gasteiger partial charge in [-0.1, -0.05) is 24.3 Å². The van der Waals surface area contributed by atoms with Gasteiger partial charge in [0.1, 0.15) is 0 Å². The molecule has 1 aromatic heterocycles. The Balaban J connectivity index is 0.00000135. The van der Waals surface area contributed by atoms with E-state index in [4.69, 9.17) is 0 Å². The molecule has 3 aromatic carbocycles. The molecule has 4 aromatic rings. The molecule has 0 N–H and O–H groups in total. The summed E-state index contributed by atoms with van der Waals surface area (Å²) in [6, 6.07) is 21.1. The van der Waals surface area contributed by atoms with Crippen molar-refractivity contribution in [3.63, 3.8) is 0 Å². The average Bonchev–Trinajstić information content (AvgIpc) is 2.59. The van der Waals surface area contributed by atoms with E-state index < -0.39 is 10.8 Å². The van der Waals surface area contributed by atoms with Crippen LogP contribution in [-0.4, -0.2) is 9.19 Å². The Morgan fingerprint density at radius 1 is 0.957 bits per heavy atom. The number of benzene rings is 3. The summed E-state index contributed by atoms with van der Waals surface area (Å²) in [5, 5.41) is 4.38. The van der Waals surface area contributed by atoms with Crippen molar-refractivity contribution in [1.29, 1.82) is 0 Å². The summed E-state index contributed by atoms with van der Waals surface area (Å²) >= 11 is 0. The minimum atomic E-state index is -1.19. The predicted octanol–water partition coefficient (Wildman–Crippen LogP) is 4.33. The summed E-state index contributed by atoms with van der Waals surface area (Å²) in [7, 11) is -1.19. The summed E-state index contributed by atoms with van der Waals surface area (Å²) < 4.78 is 13.0. The third-order valence-electron chi connectivity index (χ3n) is 4.19. The van der Waals surface area contributed by atoms with Crippen molar-refractivity contribution in [3.8, 4) is 11.3 Å². The van der Waals surface area contributed by atoms with Crippen molar-refractivity contribution >= 4 is 32.3 Å². The zero-order valence-electron chi connectivity index (χ0n) is 11.9. The van der Waals surface area contributed by atoms with E-state index in [1.165, 1.54) is 5.39 Å². The van der Waals surface area contributed by atoms with E-state index in [1.807, 2.05) is 48.7 Å². The Morgan fingerprint density at radius 3 is 2.74 bits per heavy atom. The van der Waals surface area contributed by atoms with Crippen LogP contribution in [0.15, 0.2) is 70.6 Å². The zero-order valence-corrected chi connectivity index (χ0v) is 15.1. The monoisotopic (exact) mass is 493 g/mol. The van der Waals surface area contributed by atoms with Crippen LogP contribution >= 0.6 is 0 Å². The second-order valence-electron chi connectivity index (χ2n) is 5.36. The number of nitrogens with zero attached hydrogens (tertiary/aromatic N) is 1. The topological polar surface area (TPSA) is 30.0 Å². The van der Waals surface area contributed by atoms with Crippen LogP contribution in [-0.2, 0) is 30.9 Å². The standard InChI is InChI=1S/C19H10NOS.Ir/c21-22-16-8-4-3-7-15(16)19-18-14(9-10-20-19)13-6-2-1-5-12(13)11-17(18)22;/h1-6,8-11H;/q-1;. The first-order valence-electron chi connectivity index (χ1n) is 7.08. The van der Waals surface area contributed by atoms with Gasteiger partial charge in [0, 0.05) is 42.0 Å². The number of pyridine rings is 1. The van der Waals surface area contributed by atoms with E-state index >= 15 is 0 Å². The van der Waals surface area contributed by atoms with Gasteiger partial charge in [0.25, 0.3) is 0 Å². The Labute approximate surface area is 149 Å². The first-order chi connectivity index (χ1) is 10.8. The van der Waals surface area contributed by atoms with Gasteiger partial charge in [0.2, 0.25) is 0 Å². The molecule has 1 unspecified atom stereocenters. The average molecular weight is 493 g/mol. The third kappa shape index (κ3) is 1.96. The smallest absolute Gasteiger partial charge is 0.0420 e. The van der Waals surface area contributed by atoms with Crippen molar-refractivity contribution in [3.05, 3.63) is 66.9 Å². The molecule has 0 spiro atoms. The fourth-order valence-corrected chi connectivity index (χ4v) is 4.64. The molecule has 5 rings (SSSR count). The van der Waals surface area contributed by atoms with Gasteiger partial charge in [0.05, 0.1) is 0 Å². The van der Waals surface area contributed by atoms with Crippen LogP contribution in [0.5, 0.6) is 0 Å². The van der Waals surface area contributed by atoms with E-state index in [0.717, 1.165) is 37.2 Å². The first kappa shape index (κ1) is 14.7. The fraction of sp³-hybridized carbons (Fsp3) is 0. The second-order valence-corrected chi connectivity index (χ2v) is 6.77. The second kappa shape index (κ2) is 5.34. The van der Waals surface area contributed by atoms with Crippen molar-refractivity contribution in [2.45, 2.75) is 9.79 Å². The van der Waals surface area contributed by atoms with Crippen LogP contribution in [0.2, 0.25) is 0 Å². The number of fused-ring (bicyclic) bond motifs is 4. The number of aromatic nitrogens is 1. The van der Waals surface area contributed by atoms with E-state index in [-0.39, 0.29) is 20.1 Å². The van der Waals surface area contributed by atoms with Gasteiger partial charge >= 0.3 is 0 Å². The molecule has 1 atom stereocenters. The van der Waals surface area contributed by atoms with Crippen molar-refractivity contribution in [1.82, 2.24) is 4.98 Å². The van der Waals surface area contributed by atoms with Crippen LogP contribution in [0.3, 0.4) is 0 Å². The van der Waals surface area contributed by atoms with E-state index in [0.29, 0.717) is 0 Å². The molecule has 0 saturated carbocycles. The van der Waals surface area contributed by atoms with Gasteiger partial charge in [-0.25, -0.2) is 0 Å². The molecule has 0 saturated heterocycles. The van der Waals surface area contributed by atoms with Gasteiger partial charge in [-0.3, -0.25) is 4.21 Å². The van der Waals surface area contributed by atoms with Gasteiger partial charge in [-0.2, -0.15) is 0 Å². The predicted molar refractivity (Wildman–Crippen MR) is 88.2 cm³/mol. The molecule has 1 radical (unpaired) electrons. The Morgan fingerprint density at radius 2 is 1.83 bits per heavy atom. The normalized spacial score (nSPS) is 15.2. The maximum absolute atomic E-state index is 13.0. The number of hydrogen-bond donors (Lipinski definition) is 0. The van der Waals surface area contributed by atoms with Gasteiger partial charge < -0.3 is 4.98 Å². The number of rotatable bonds is 0. The first-order valence-corrected chi connectivity index (χ1v) is 8.23. The molecule has 0 aliphatic carbocycles. The summed E-state index contributed by atoms with van der Waals surface area (Å²) in [4.78, 5) is 6.20. The number of hydrogen-bond acceptors (Lipinski definition) is 2. The molecule has 1 aliphatic heterocycles. The van der Waals surface area contributed by atoms with Crippen molar-refractivity contribution in [2.75, 3.05) is 0 Å². The molecule has 0 fully saturated rings. The summed E-state index contributed by atoms with van der Waals surface area (Å²) in [5.74, 6) is 0. The van der Waals surface area contributed by atoms with Crippen molar-refractivity contribution < 1.29 is 24.3 Å². The maximum atomic E-state index is 13.0. The molecule has 23 heavy (non-hydrogen) atoms. The van der Waals surface area contributed by atoms with Crippen LogP contribution in [0, 0.1) is 6.07 Å². The summed E-state index contributed by atoms with van der Waals surface area (Å²) in [6.45, 7) is 0. The van der Waals surface area contributed by atoms with Crippen molar-refractivity contribution in [2.24, 2.45) is 0 Å². The van der Waals surface area contributed by atoms with Crippen LogP contribution in [0.25, 0.3) is 32.8 Å². The Bertz CT molecular complexity index is 1110. The zero-order chi connectivity index (χ0) is 14.7. The molecule has 0 bridgehead atoms. The molecule has 2 heterocycles. The fourth-order valence-electron chi connectivity index (χ4n) is 3.23. The SMILES string of the molecule is O=S1c2ccc[c-]c2-c2nccc3c2c1cc1ccccc13.[Ir]. The molecule has 0 amide bonds. The Kier molecular flexibility index (Phi) is 3.42. The molecule has 1 aliphatic rings. The van der Waals surface area contributed by atoms with Crippen LogP contribution in [0.1, 0.15) is 0 Å². The molecule has 113 valence electrons. The van der Waals surface area contributed by atoms with E-state index in [2.05, 4.69) is 23.2 Å². The molecular formula is C19H10IrNOS-. The molecule has 4 heteroatoms. The quantitative estimate of drug-likeness (QED) is 0.238. The van der Waals surface area contributed by atoms with Crippen LogP contribution < -0.4 is 0 Å². The van der Waals surface area contributed by atoms with E-state index in [9.17, 15) is 4.21 Å². The van der Waals surface area contributed by atoms with Gasteiger partial charge in [-0.05, 0) is 44.3 Å². The molecular weight excluding hydrogens is 482 g/mol. The largest absolute Gasteiger partial charge is 0.304 e. The minimum Gasteiger partial charge on any atom is -0.304 e. The molecule has 2 nitrogen and oxygen atoms in total. The summed E-state index contributed by atoms with van der Waals surface area (Å²) in [6.07, 6.45) is 1.83. The maximum Gasteiger partial charge on any atom is 0.0420 e. The van der Waals surface area contributed by atoms with Crippen LogP contribution in [0.4, 0.5) is 0 Å². The minimum absolute atomic E-state index is 0. The Hall–Kier alpha value is -1.87. The van der Waals surface area contributed by atoms with E-state index in [1.54, 1.807) is 0 Å². The third-order valence-corrected chi connectivity index (χ3v) is 5.65. The summed E-state index contributed by atoms with van der Waals surface area (Å²) in [5.41, 5.74) is 1.74.